The molecule has 0 amide bonds. The third kappa shape index (κ3) is 2.91. The summed E-state index contributed by atoms with van der Waals surface area (Å²) in [7, 11) is 1.92. The van der Waals surface area contributed by atoms with E-state index in [9.17, 15) is 4.39 Å². The maximum atomic E-state index is 12.9. The van der Waals surface area contributed by atoms with Gasteiger partial charge in [0.25, 0.3) is 0 Å². The number of aromatic nitrogens is 3. The van der Waals surface area contributed by atoms with Crippen LogP contribution in [0.5, 0.6) is 0 Å². The lowest BCUT2D eigenvalue weighted by Crippen LogP contribution is -2.23. The van der Waals surface area contributed by atoms with Crippen molar-refractivity contribution in [1.29, 1.82) is 0 Å². The second-order valence-corrected chi connectivity index (χ2v) is 4.13. The van der Waals surface area contributed by atoms with Crippen molar-refractivity contribution in [2.45, 2.75) is 6.92 Å². The Morgan fingerprint density at radius 3 is 3.00 bits per heavy atom. The maximum Gasteiger partial charge on any atom is 0.243 e. The highest BCUT2D eigenvalue weighted by Gasteiger charge is 2.05. The first-order valence-corrected chi connectivity index (χ1v) is 5.59. The summed E-state index contributed by atoms with van der Waals surface area (Å²) in [6, 6.07) is 2.97. The zero-order valence-electron chi connectivity index (χ0n) is 9.94. The fourth-order valence-electron chi connectivity index (χ4n) is 1.62. The number of rotatable bonds is 5. The molecule has 6 heteroatoms. The molecule has 0 saturated carbocycles. The Labute approximate surface area is 99.0 Å². The zero-order valence-corrected chi connectivity index (χ0v) is 9.94. The van der Waals surface area contributed by atoms with E-state index in [-0.39, 0.29) is 5.82 Å². The number of anilines is 1. The van der Waals surface area contributed by atoms with E-state index in [4.69, 9.17) is 0 Å². The fraction of sp³-hybridized carbons (Fsp3) is 0.455. The van der Waals surface area contributed by atoms with Crippen molar-refractivity contribution in [2.75, 3.05) is 25.5 Å². The van der Waals surface area contributed by atoms with Gasteiger partial charge in [-0.3, -0.25) is 0 Å². The van der Waals surface area contributed by atoms with Crippen LogP contribution >= 0.6 is 0 Å². The van der Waals surface area contributed by atoms with Crippen LogP contribution in [-0.2, 0) is 0 Å². The molecular weight excluding hydrogens is 221 g/mol. The topological polar surface area (TPSA) is 54.2 Å². The van der Waals surface area contributed by atoms with Crippen molar-refractivity contribution in [3.05, 3.63) is 24.1 Å². The van der Waals surface area contributed by atoms with Gasteiger partial charge in [-0.2, -0.15) is 4.98 Å². The van der Waals surface area contributed by atoms with E-state index in [1.165, 1.54) is 16.8 Å². The van der Waals surface area contributed by atoms with E-state index in [0.29, 0.717) is 17.5 Å². The minimum Gasteiger partial charge on any atom is -0.353 e. The summed E-state index contributed by atoms with van der Waals surface area (Å²) in [5.74, 6) is 0.680. The molecule has 0 aliphatic rings. The van der Waals surface area contributed by atoms with Crippen LogP contribution < -0.4 is 10.6 Å². The fourth-order valence-corrected chi connectivity index (χ4v) is 1.62. The Bertz CT molecular complexity index is 496. The molecule has 0 bridgehead atoms. The lowest BCUT2D eigenvalue weighted by atomic mass is 10.2. The van der Waals surface area contributed by atoms with Crippen LogP contribution in [0.3, 0.4) is 0 Å². The number of nitrogens with zero attached hydrogens (tertiary/aromatic N) is 3. The normalized spacial score (nSPS) is 12.9. The Balaban J connectivity index is 2.04. The Hall–Kier alpha value is -1.69. The van der Waals surface area contributed by atoms with E-state index >= 15 is 0 Å². The van der Waals surface area contributed by atoms with Crippen LogP contribution in [0.4, 0.5) is 10.3 Å². The predicted octanol–water partition coefficient (Wildman–Crippen LogP) is 1.14. The van der Waals surface area contributed by atoms with Crippen molar-refractivity contribution < 1.29 is 4.39 Å². The van der Waals surface area contributed by atoms with Gasteiger partial charge in [-0.25, -0.2) is 8.91 Å². The van der Waals surface area contributed by atoms with Gasteiger partial charge in [0.05, 0.1) is 6.20 Å². The van der Waals surface area contributed by atoms with Gasteiger partial charge in [0.1, 0.15) is 5.82 Å². The molecule has 0 aromatic carbocycles. The first-order chi connectivity index (χ1) is 8.19. The van der Waals surface area contributed by atoms with Gasteiger partial charge in [-0.05, 0) is 31.6 Å². The summed E-state index contributed by atoms with van der Waals surface area (Å²) >= 11 is 0. The Morgan fingerprint density at radius 1 is 1.41 bits per heavy atom. The van der Waals surface area contributed by atoms with Gasteiger partial charge in [-0.1, -0.05) is 6.92 Å². The molecule has 2 rings (SSSR count). The molecule has 5 nitrogen and oxygen atoms in total. The SMILES string of the molecule is CNCC(C)CNc1nc2ccc(F)cn2n1. The van der Waals surface area contributed by atoms with Crippen molar-refractivity contribution in [2.24, 2.45) is 5.92 Å². The van der Waals surface area contributed by atoms with E-state index in [1.807, 2.05) is 7.05 Å². The highest BCUT2D eigenvalue weighted by Crippen LogP contribution is 2.07. The lowest BCUT2D eigenvalue weighted by molar-refractivity contribution is 0.568. The largest absolute Gasteiger partial charge is 0.353 e. The van der Waals surface area contributed by atoms with Gasteiger partial charge in [-0.15, -0.1) is 5.10 Å². The number of hydrogen-bond acceptors (Lipinski definition) is 4. The maximum absolute atomic E-state index is 12.9. The predicted molar refractivity (Wildman–Crippen MR) is 64.5 cm³/mol. The average Bonchev–Trinajstić information content (AvgIpc) is 2.68. The second-order valence-electron chi connectivity index (χ2n) is 4.13. The van der Waals surface area contributed by atoms with Crippen molar-refractivity contribution in [3.63, 3.8) is 0 Å². The Kier molecular flexibility index (Phi) is 3.53. The molecule has 0 radical (unpaired) electrons. The summed E-state index contributed by atoms with van der Waals surface area (Å²) in [6.45, 7) is 3.83. The molecule has 0 aliphatic carbocycles. The quantitative estimate of drug-likeness (QED) is 0.818. The molecule has 92 valence electrons. The third-order valence-electron chi connectivity index (χ3n) is 2.46. The van der Waals surface area contributed by atoms with E-state index in [1.54, 1.807) is 6.07 Å². The first-order valence-electron chi connectivity index (χ1n) is 5.59. The summed E-state index contributed by atoms with van der Waals surface area (Å²) in [5.41, 5.74) is 0.634. The van der Waals surface area contributed by atoms with Crippen molar-refractivity contribution in [3.8, 4) is 0 Å². The highest BCUT2D eigenvalue weighted by atomic mass is 19.1. The van der Waals surface area contributed by atoms with Crippen LogP contribution in [0.2, 0.25) is 0 Å². The van der Waals surface area contributed by atoms with Gasteiger partial charge in [0.2, 0.25) is 5.95 Å². The zero-order chi connectivity index (χ0) is 12.3. The van der Waals surface area contributed by atoms with Gasteiger partial charge < -0.3 is 10.6 Å². The summed E-state index contributed by atoms with van der Waals surface area (Å²) in [5, 5.41) is 10.4. The van der Waals surface area contributed by atoms with Crippen LogP contribution in [0, 0.1) is 11.7 Å². The van der Waals surface area contributed by atoms with Gasteiger partial charge in [0, 0.05) is 6.54 Å². The molecule has 17 heavy (non-hydrogen) atoms. The average molecular weight is 237 g/mol. The van der Waals surface area contributed by atoms with Crippen LogP contribution in [0.1, 0.15) is 6.92 Å². The monoisotopic (exact) mass is 237 g/mol. The number of halogens is 1. The van der Waals surface area contributed by atoms with E-state index in [2.05, 4.69) is 27.6 Å². The summed E-state index contributed by atoms with van der Waals surface area (Å²) < 4.78 is 14.4. The second kappa shape index (κ2) is 5.09. The third-order valence-corrected chi connectivity index (χ3v) is 2.46. The molecule has 2 N–H and O–H groups in total. The molecule has 2 aromatic rings. The number of fused-ring (bicyclic) bond motifs is 1. The molecule has 2 aromatic heterocycles. The van der Waals surface area contributed by atoms with Crippen LogP contribution in [0.15, 0.2) is 18.3 Å². The minimum absolute atomic E-state index is 0.322. The van der Waals surface area contributed by atoms with Gasteiger partial charge >= 0.3 is 0 Å². The molecule has 0 fully saturated rings. The standard InChI is InChI=1S/C11H16FN5/c1-8(5-13-2)6-14-11-15-10-4-3-9(12)7-17(10)16-11/h3-4,7-8,13H,5-6H2,1-2H3,(H,14,16). The van der Waals surface area contributed by atoms with Gasteiger partial charge in [0.15, 0.2) is 5.65 Å². The molecule has 0 saturated heterocycles. The molecule has 1 atom stereocenters. The summed E-state index contributed by atoms with van der Waals surface area (Å²) in [4.78, 5) is 4.24. The van der Waals surface area contributed by atoms with Crippen LogP contribution in [-0.4, -0.2) is 34.7 Å². The first kappa shape index (κ1) is 11.8. The smallest absolute Gasteiger partial charge is 0.243 e. The van der Waals surface area contributed by atoms with E-state index < -0.39 is 0 Å². The van der Waals surface area contributed by atoms with Crippen LogP contribution in [0.25, 0.3) is 5.65 Å². The van der Waals surface area contributed by atoms with Crippen molar-refractivity contribution >= 4 is 11.6 Å². The number of hydrogen-bond donors (Lipinski definition) is 2. The lowest BCUT2D eigenvalue weighted by Gasteiger charge is -2.09. The Morgan fingerprint density at radius 2 is 2.24 bits per heavy atom. The number of pyridine rings is 1. The molecule has 2 heterocycles. The number of nitrogens with one attached hydrogen (secondary N) is 2. The molecular formula is C11H16FN5. The molecule has 0 spiro atoms. The van der Waals surface area contributed by atoms with Crippen molar-refractivity contribution in [1.82, 2.24) is 19.9 Å². The highest BCUT2D eigenvalue weighted by molar-refractivity contribution is 5.42. The minimum atomic E-state index is -0.322. The summed E-state index contributed by atoms with van der Waals surface area (Å²) in [6.07, 6.45) is 1.31. The van der Waals surface area contributed by atoms with E-state index in [0.717, 1.165) is 13.1 Å². The molecule has 1 unspecified atom stereocenters. The molecule has 0 aliphatic heterocycles.